The Kier molecular flexibility index (Phi) is 8.16. The van der Waals surface area contributed by atoms with E-state index in [0.29, 0.717) is 19.0 Å². The molecule has 2 rings (SSSR count). The van der Waals surface area contributed by atoms with Gasteiger partial charge < -0.3 is 19.3 Å². The molecule has 32 heavy (non-hydrogen) atoms. The second-order valence-electron chi connectivity index (χ2n) is 9.17. The molecule has 8 heteroatoms. The average molecular weight is 465 g/mol. The topological polar surface area (TPSA) is 99.1 Å². The number of fused-ring (bicyclic) bond motifs is 1. The van der Waals surface area contributed by atoms with E-state index in [-0.39, 0.29) is 28.1 Å². The molecular formula is C24H32O7S. The van der Waals surface area contributed by atoms with Crippen LogP contribution in [0.2, 0.25) is 0 Å². The van der Waals surface area contributed by atoms with Crippen LogP contribution in [0.5, 0.6) is 5.75 Å². The first-order chi connectivity index (χ1) is 14.8. The van der Waals surface area contributed by atoms with Crippen LogP contribution in [0.3, 0.4) is 0 Å². The van der Waals surface area contributed by atoms with Crippen LogP contribution in [0.15, 0.2) is 28.7 Å². The lowest BCUT2D eigenvalue weighted by Gasteiger charge is -2.42. The van der Waals surface area contributed by atoms with Crippen LogP contribution in [0.4, 0.5) is 0 Å². The first kappa shape index (κ1) is 25.9. The summed E-state index contributed by atoms with van der Waals surface area (Å²) in [5.41, 5.74) is 1.56. The minimum atomic E-state index is -4.01. The molecule has 0 aliphatic heterocycles. The van der Waals surface area contributed by atoms with Gasteiger partial charge in [-0.3, -0.25) is 0 Å². The van der Waals surface area contributed by atoms with Crippen molar-refractivity contribution in [2.75, 3.05) is 27.1 Å². The molecule has 1 aromatic carbocycles. The fourth-order valence-corrected chi connectivity index (χ4v) is 4.66. The Morgan fingerprint density at radius 1 is 1.16 bits per heavy atom. The van der Waals surface area contributed by atoms with E-state index in [0.717, 1.165) is 30.0 Å². The normalized spacial score (nSPS) is 17.1. The molecule has 1 aliphatic rings. The summed E-state index contributed by atoms with van der Waals surface area (Å²) in [7, 11) is -2.43. The van der Waals surface area contributed by atoms with Crippen molar-refractivity contribution in [2.45, 2.75) is 63.2 Å². The molecule has 0 aromatic heterocycles. The van der Waals surface area contributed by atoms with Gasteiger partial charge in [0.2, 0.25) is 9.84 Å². The summed E-state index contributed by atoms with van der Waals surface area (Å²) in [6.45, 7) is 10.6. The number of carboxylic acid groups (broad SMARTS) is 1. The molecule has 0 atom stereocenters. The van der Waals surface area contributed by atoms with Crippen molar-refractivity contribution in [1.82, 2.24) is 0 Å². The predicted octanol–water partition coefficient (Wildman–Crippen LogP) is 3.80. The van der Waals surface area contributed by atoms with Crippen LogP contribution in [-0.4, -0.2) is 46.6 Å². The molecule has 0 unspecified atom stereocenters. The summed E-state index contributed by atoms with van der Waals surface area (Å²) < 4.78 is 42.3. The van der Waals surface area contributed by atoms with Crippen LogP contribution in [0.1, 0.15) is 58.6 Å². The fraction of sp³-hybridized carbons (Fsp3) is 0.542. The maximum Gasteiger partial charge on any atom is 0.329 e. The van der Waals surface area contributed by atoms with Crippen molar-refractivity contribution in [3.05, 3.63) is 34.9 Å². The Morgan fingerprint density at radius 3 is 2.44 bits per heavy atom. The number of rotatable bonds is 8. The summed E-state index contributed by atoms with van der Waals surface area (Å²) in [6, 6.07) is 3.16. The minimum Gasteiger partial charge on any atom is -0.478 e. The quantitative estimate of drug-likeness (QED) is 0.205. The van der Waals surface area contributed by atoms with Gasteiger partial charge in [0.15, 0.2) is 6.79 Å². The number of aliphatic carboxylic acids is 1. The van der Waals surface area contributed by atoms with Crippen LogP contribution >= 0.6 is 0 Å². The van der Waals surface area contributed by atoms with E-state index in [2.05, 4.69) is 38.9 Å². The van der Waals surface area contributed by atoms with E-state index in [9.17, 15) is 13.2 Å². The number of hydrogen-bond acceptors (Lipinski definition) is 6. The first-order valence-corrected chi connectivity index (χ1v) is 11.9. The Balaban J connectivity index is 2.57. The van der Waals surface area contributed by atoms with E-state index in [1.54, 1.807) is 13.2 Å². The number of hydrogen-bond donors (Lipinski definition) is 1. The molecule has 0 saturated heterocycles. The van der Waals surface area contributed by atoms with E-state index >= 15 is 0 Å². The number of ether oxygens (including phenoxy) is 3. The Bertz CT molecular complexity index is 1050. The number of carbonyl (C=O) groups is 1. The molecule has 0 fully saturated rings. The largest absolute Gasteiger partial charge is 0.478 e. The molecule has 0 spiro atoms. The van der Waals surface area contributed by atoms with Crippen LogP contribution in [0.25, 0.3) is 0 Å². The maximum absolute atomic E-state index is 13.0. The fourth-order valence-electron chi connectivity index (χ4n) is 3.71. The summed E-state index contributed by atoms with van der Waals surface area (Å²) in [4.78, 5) is 10.8. The first-order valence-electron chi connectivity index (χ1n) is 10.4. The van der Waals surface area contributed by atoms with Crippen LogP contribution in [-0.2, 0) is 34.9 Å². The molecule has 0 heterocycles. The number of allylic oxidation sites excluding steroid dienone is 1. The lowest BCUT2D eigenvalue weighted by atomic mass is 9.63. The van der Waals surface area contributed by atoms with Crippen molar-refractivity contribution in [3.63, 3.8) is 0 Å². The highest BCUT2D eigenvalue weighted by atomic mass is 32.2. The van der Waals surface area contributed by atoms with Crippen molar-refractivity contribution < 1.29 is 32.5 Å². The van der Waals surface area contributed by atoms with Gasteiger partial charge in [-0.1, -0.05) is 33.6 Å². The molecule has 1 N–H and O–H groups in total. The smallest absolute Gasteiger partial charge is 0.329 e. The van der Waals surface area contributed by atoms with Crippen molar-refractivity contribution >= 4 is 15.8 Å². The summed E-state index contributed by atoms with van der Waals surface area (Å²) in [6.07, 6.45) is 2.69. The molecular weight excluding hydrogens is 432 g/mol. The summed E-state index contributed by atoms with van der Waals surface area (Å²) in [5, 5.41) is 11.0. The van der Waals surface area contributed by atoms with Crippen molar-refractivity contribution in [2.24, 2.45) is 0 Å². The number of carboxylic acids is 1. The van der Waals surface area contributed by atoms with Crippen molar-refractivity contribution in [1.29, 1.82) is 0 Å². The van der Waals surface area contributed by atoms with E-state index in [4.69, 9.17) is 19.3 Å². The Hall–Kier alpha value is -2.34. The van der Waals surface area contributed by atoms with Gasteiger partial charge in [-0.05, 0) is 42.2 Å². The van der Waals surface area contributed by atoms with Gasteiger partial charge in [0.1, 0.15) is 5.75 Å². The van der Waals surface area contributed by atoms with Crippen LogP contribution < -0.4 is 4.74 Å². The van der Waals surface area contributed by atoms with Gasteiger partial charge in [-0.15, -0.1) is 0 Å². The third-order valence-electron chi connectivity index (χ3n) is 5.62. The third kappa shape index (κ3) is 6.35. The second-order valence-corrected chi connectivity index (χ2v) is 10.9. The van der Waals surface area contributed by atoms with E-state index in [1.807, 2.05) is 0 Å². The van der Waals surface area contributed by atoms with Crippen molar-refractivity contribution in [3.8, 4) is 16.9 Å². The van der Waals surface area contributed by atoms with Gasteiger partial charge in [0.05, 0.1) is 18.1 Å². The number of benzene rings is 1. The highest BCUT2D eigenvalue weighted by Gasteiger charge is 2.40. The zero-order valence-electron chi connectivity index (χ0n) is 19.6. The van der Waals surface area contributed by atoms with Gasteiger partial charge in [0.25, 0.3) is 0 Å². The Morgan fingerprint density at radius 2 is 1.81 bits per heavy atom. The molecule has 0 bridgehead atoms. The number of sulfone groups is 1. The highest BCUT2D eigenvalue weighted by molar-refractivity contribution is 7.96. The molecule has 7 nitrogen and oxygen atoms in total. The van der Waals surface area contributed by atoms with E-state index < -0.39 is 15.8 Å². The monoisotopic (exact) mass is 464 g/mol. The Labute approximate surface area is 190 Å². The van der Waals surface area contributed by atoms with E-state index in [1.165, 1.54) is 13.0 Å². The third-order valence-corrected chi connectivity index (χ3v) is 6.85. The number of methoxy groups -OCH3 is 1. The van der Waals surface area contributed by atoms with Gasteiger partial charge in [-0.2, -0.15) is 0 Å². The van der Waals surface area contributed by atoms with Gasteiger partial charge >= 0.3 is 5.97 Å². The zero-order chi connectivity index (χ0) is 24.2. The second kappa shape index (κ2) is 10.1. The molecule has 0 radical (unpaired) electrons. The molecule has 1 aromatic rings. The summed E-state index contributed by atoms with van der Waals surface area (Å²) in [5.74, 6) is 1.69. The van der Waals surface area contributed by atoms with Gasteiger partial charge in [-0.25, -0.2) is 13.2 Å². The van der Waals surface area contributed by atoms with Crippen LogP contribution in [0, 0.1) is 11.2 Å². The zero-order valence-corrected chi connectivity index (χ0v) is 20.4. The lowest BCUT2D eigenvalue weighted by Crippen LogP contribution is -2.34. The SMILES string of the molecule is COCCOCOc1cc(S(=O)(=O)C#CC(C)=CC(=O)O)cc2c1C(C)(C)CCC2(C)C. The highest BCUT2D eigenvalue weighted by Crippen LogP contribution is 2.50. The molecule has 176 valence electrons. The minimum absolute atomic E-state index is 0.0181. The molecule has 0 amide bonds. The standard InChI is InChI=1S/C24H32O7S/c1-17(13-21(25)26)7-12-32(27,28)18-14-19-22(24(4,5)9-8-23(19,2)3)20(15-18)31-16-30-11-10-29-6/h13-15H,8-11,16H2,1-6H3,(H,25,26). The summed E-state index contributed by atoms with van der Waals surface area (Å²) >= 11 is 0. The lowest BCUT2D eigenvalue weighted by molar-refractivity contribution is -0.131. The maximum atomic E-state index is 13.0. The average Bonchev–Trinajstić information content (AvgIpc) is 2.69. The molecule has 0 saturated carbocycles. The van der Waals surface area contributed by atoms with Gasteiger partial charge in [0, 0.05) is 35.6 Å². The predicted molar refractivity (Wildman–Crippen MR) is 121 cm³/mol. The molecule has 1 aliphatic carbocycles.